The van der Waals surface area contributed by atoms with Gasteiger partial charge in [-0.25, -0.2) is 0 Å². The number of ether oxygens (including phenoxy) is 1. The van der Waals surface area contributed by atoms with Gasteiger partial charge in [-0.2, -0.15) is 0 Å². The third kappa shape index (κ3) is 4.70. The smallest absolute Gasteiger partial charge is 0.197 e. The van der Waals surface area contributed by atoms with Gasteiger partial charge in [0, 0.05) is 45.0 Å². The largest absolute Gasteiger partial charge is 0.493 e. The first-order valence-electron chi connectivity index (χ1n) is 14.4. The van der Waals surface area contributed by atoms with Gasteiger partial charge in [0.25, 0.3) is 0 Å². The Morgan fingerprint density at radius 3 is 2.05 bits per heavy atom. The Hall–Kier alpha value is -4.70. The van der Waals surface area contributed by atoms with Crippen LogP contribution in [0, 0.1) is 6.92 Å². The van der Waals surface area contributed by atoms with E-state index in [2.05, 4.69) is 17.6 Å². The number of carbonyl (C=O) groups excluding carboxylic acids is 2. The van der Waals surface area contributed by atoms with Crippen LogP contribution < -0.4 is 4.74 Å². The van der Waals surface area contributed by atoms with Gasteiger partial charge in [0.1, 0.15) is 5.75 Å². The maximum atomic E-state index is 14.2. The van der Waals surface area contributed by atoms with Gasteiger partial charge in [-0.1, -0.05) is 67.9 Å². The number of unbranched alkanes of at least 4 members (excludes halogenated alkanes) is 1. The maximum absolute atomic E-state index is 14.2. The monoisotopic (exact) mass is 539 g/mol. The number of hydrogen-bond donors (Lipinski definition) is 0. The molecule has 0 saturated heterocycles. The Bertz CT molecular complexity index is 1950. The summed E-state index contributed by atoms with van der Waals surface area (Å²) in [4.78, 5) is 27.7. The van der Waals surface area contributed by atoms with Crippen LogP contribution in [0.2, 0.25) is 0 Å². The number of ketones is 2. The second kappa shape index (κ2) is 11.1. The first-order valence-corrected chi connectivity index (χ1v) is 14.4. The van der Waals surface area contributed by atoms with Crippen LogP contribution in [0.3, 0.4) is 0 Å². The van der Waals surface area contributed by atoms with Crippen LogP contribution in [-0.2, 0) is 6.54 Å². The summed E-state index contributed by atoms with van der Waals surface area (Å²) in [6.07, 6.45) is 2.11. The molecule has 0 atom stereocenters. The second-order valence-corrected chi connectivity index (χ2v) is 10.5. The van der Waals surface area contributed by atoms with Crippen molar-refractivity contribution in [3.05, 3.63) is 125 Å². The standard InChI is InChI=1S/C37H33NO3/c1-4-6-21-38-32-18-15-26(36(39)28-13-9-7-11-24(28)3)22-30(32)31-23-27(16-19-33(31)38)37(40)35-29-14-10-8-12-25(29)17-20-34(35)41-5-2/h7-20,22-23H,4-6,21H2,1-3H3. The van der Waals surface area contributed by atoms with Gasteiger partial charge in [-0.15, -0.1) is 0 Å². The second-order valence-electron chi connectivity index (χ2n) is 10.5. The molecule has 41 heavy (non-hydrogen) atoms. The van der Waals surface area contributed by atoms with Gasteiger partial charge in [-0.05, 0) is 79.1 Å². The molecule has 1 heterocycles. The van der Waals surface area contributed by atoms with Crippen molar-refractivity contribution in [3.63, 3.8) is 0 Å². The summed E-state index contributed by atoms with van der Waals surface area (Å²) in [7, 11) is 0. The molecule has 6 aromatic rings. The number of aryl methyl sites for hydroxylation is 2. The van der Waals surface area contributed by atoms with Crippen LogP contribution in [0.4, 0.5) is 0 Å². The predicted octanol–water partition coefficient (Wildman–Crippen LogP) is 8.92. The number of benzene rings is 5. The molecule has 204 valence electrons. The number of aromatic nitrogens is 1. The van der Waals surface area contributed by atoms with Crippen molar-refractivity contribution in [2.45, 2.75) is 40.2 Å². The van der Waals surface area contributed by atoms with Crippen molar-refractivity contribution in [3.8, 4) is 5.75 Å². The third-order valence-electron chi connectivity index (χ3n) is 7.93. The van der Waals surface area contributed by atoms with Crippen molar-refractivity contribution >= 4 is 44.1 Å². The van der Waals surface area contributed by atoms with E-state index in [9.17, 15) is 9.59 Å². The molecule has 0 radical (unpaired) electrons. The van der Waals surface area contributed by atoms with E-state index in [1.54, 1.807) is 0 Å². The number of fused-ring (bicyclic) bond motifs is 4. The fraction of sp³-hybridized carbons (Fsp3) is 0.189. The molecule has 0 unspecified atom stereocenters. The van der Waals surface area contributed by atoms with Crippen LogP contribution >= 0.6 is 0 Å². The number of carbonyl (C=O) groups is 2. The first-order chi connectivity index (χ1) is 20.0. The molecular weight excluding hydrogens is 506 g/mol. The van der Waals surface area contributed by atoms with Crippen LogP contribution in [0.25, 0.3) is 32.6 Å². The van der Waals surface area contributed by atoms with E-state index >= 15 is 0 Å². The minimum atomic E-state index is -0.0752. The van der Waals surface area contributed by atoms with Crippen LogP contribution in [-0.4, -0.2) is 22.7 Å². The number of rotatable bonds is 9. The van der Waals surface area contributed by atoms with Crippen LogP contribution in [0.5, 0.6) is 5.75 Å². The summed E-state index contributed by atoms with van der Waals surface area (Å²) >= 11 is 0. The van der Waals surface area contributed by atoms with Crippen molar-refractivity contribution < 1.29 is 14.3 Å². The summed E-state index contributed by atoms with van der Waals surface area (Å²) in [5, 5.41) is 3.82. The summed E-state index contributed by atoms with van der Waals surface area (Å²) in [5.41, 5.74) is 5.61. The highest BCUT2D eigenvalue weighted by Crippen LogP contribution is 2.35. The van der Waals surface area contributed by atoms with Crippen molar-refractivity contribution in [2.75, 3.05) is 6.61 Å². The molecule has 4 nitrogen and oxygen atoms in total. The van der Waals surface area contributed by atoms with E-state index in [4.69, 9.17) is 4.74 Å². The average molecular weight is 540 g/mol. The molecule has 1 aromatic heterocycles. The Morgan fingerprint density at radius 2 is 1.37 bits per heavy atom. The van der Waals surface area contributed by atoms with Crippen LogP contribution in [0.1, 0.15) is 64.1 Å². The van der Waals surface area contributed by atoms with E-state index in [-0.39, 0.29) is 11.6 Å². The van der Waals surface area contributed by atoms with Gasteiger partial charge < -0.3 is 9.30 Å². The zero-order chi connectivity index (χ0) is 28.5. The third-order valence-corrected chi connectivity index (χ3v) is 7.93. The Balaban J connectivity index is 1.54. The van der Waals surface area contributed by atoms with Crippen molar-refractivity contribution in [1.82, 2.24) is 4.57 Å². The number of nitrogens with zero attached hydrogens (tertiary/aromatic N) is 1. The predicted molar refractivity (Wildman–Crippen MR) is 168 cm³/mol. The fourth-order valence-electron chi connectivity index (χ4n) is 5.83. The quantitative estimate of drug-likeness (QED) is 0.172. The molecular formula is C37H33NO3. The van der Waals surface area contributed by atoms with Gasteiger partial charge in [0.2, 0.25) is 0 Å². The van der Waals surface area contributed by atoms with E-state index in [0.29, 0.717) is 34.6 Å². The molecule has 0 aliphatic heterocycles. The lowest BCUT2D eigenvalue weighted by atomic mass is 9.94. The molecule has 0 amide bonds. The molecule has 0 aliphatic rings. The molecule has 0 N–H and O–H groups in total. The molecule has 0 bridgehead atoms. The zero-order valence-corrected chi connectivity index (χ0v) is 23.7. The summed E-state index contributed by atoms with van der Waals surface area (Å²) in [6, 6.07) is 31.4. The summed E-state index contributed by atoms with van der Waals surface area (Å²) in [6.45, 7) is 7.41. The normalized spacial score (nSPS) is 11.4. The van der Waals surface area contributed by atoms with E-state index in [0.717, 1.165) is 57.5 Å². The Labute approximate surface area is 240 Å². The minimum absolute atomic E-state index is 0.00352. The van der Waals surface area contributed by atoms with Gasteiger partial charge >= 0.3 is 0 Å². The van der Waals surface area contributed by atoms with Gasteiger partial charge in [0.15, 0.2) is 11.6 Å². The molecule has 0 aliphatic carbocycles. The Morgan fingerprint density at radius 1 is 0.707 bits per heavy atom. The molecule has 6 rings (SSSR count). The summed E-state index contributed by atoms with van der Waals surface area (Å²) < 4.78 is 8.24. The lowest BCUT2D eigenvalue weighted by Crippen LogP contribution is -2.06. The van der Waals surface area contributed by atoms with Gasteiger partial charge in [0.05, 0.1) is 12.2 Å². The number of hydrogen-bond acceptors (Lipinski definition) is 3. The molecule has 5 aromatic carbocycles. The van der Waals surface area contributed by atoms with Crippen molar-refractivity contribution in [1.29, 1.82) is 0 Å². The minimum Gasteiger partial charge on any atom is -0.493 e. The molecule has 0 spiro atoms. The molecule has 4 heteroatoms. The fourth-order valence-corrected chi connectivity index (χ4v) is 5.83. The Kier molecular flexibility index (Phi) is 7.15. The average Bonchev–Trinajstić information content (AvgIpc) is 3.31. The van der Waals surface area contributed by atoms with E-state index < -0.39 is 0 Å². The lowest BCUT2D eigenvalue weighted by Gasteiger charge is -2.13. The summed E-state index contributed by atoms with van der Waals surface area (Å²) in [5.74, 6) is 0.519. The zero-order valence-electron chi connectivity index (χ0n) is 23.7. The topological polar surface area (TPSA) is 48.3 Å². The SMILES string of the molecule is CCCCn1c2ccc(C(=O)c3ccccc3C)cc2c2cc(C(=O)c3c(OCC)ccc4ccccc34)ccc21. The first kappa shape index (κ1) is 26.5. The highest BCUT2D eigenvalue weighted by Gasteiger charge is 2.21. The molecule has 0 saturated carbocycles. The van der Waals surface area contributed by atoms with Gasteiger partial charge in [-0.3, -0.25) is 9.59 Å². The molecule has 0 fully saturated rings. The van der Waals surface area contributed by atoms with E-state index in [1.165, 1.54) is 0 Å². The highest BCUT2D eigenvalue weighted by atomic mass is 16.5. The maximum Gasteiger partial charge on any atom is 0.197 e. The highest BCUT2D eigenvalue weighted by molar-refractivity contribution is 6.21. The van der Waals surface area contributed by atoms with E-state index in [1.807, 2.05) is 105 Å². The lowest BCUT2D eigenvalue weighted by molar-refractivity contribution is 0.102. The van der Waals surface area contributed by atoms with Crippen LogP contribution in [0.15, 0.2) is 97.1 Å². The van der Waals surface area contributed by atoms with Crippen molar-refractivity contribution in [2.24, 2.45) is 0 Å².